The Morgan fingerprint density at radius 3 is 2.64 bits per heavy atom. The zero-order valence-electron chi connectivity index (χ0n) is 15.4. The summed E-state index contributed by atoms with van der Waals surface area (Å²) in [5.74, 6) is -2.48. The average molecular weight is 384 g/mol. The van der Waals surface area contributed by atoms with E-state index in [0.717, 1.165) is 5.56 Å². The fourth-order valence-corrected chi connectivity index (χ4v) is 3.33. The summed E-state index contributed by atoms with van der Waals surface area (Å²) in [7, 11) is 0. The number of amides is 3. The summed E-state index contributed by atoms with van der Waals surface area (Å²) in [4.78, 5) is 41.7. The van der Waals surface area contributed by atoms with Gasteiger partial charge in [-0.25, -0.2) is 4.39 Å². The van der Waals surface area contributed by atoms with Crippen LogP contribution in [0.3, 0.4) is 0 Å². The summed E-state index contributed by atoms with van der Waals surface area (Å²) >= 11 is 0. The first-order chi connectivity index (χ1) is 13.3. The van der Waals surface area contributed by atoms with Crippen LogP contribution in [-0.4, -0.2) is 39.8 Å². The molecule has 0 unspecified atom stereocenters. The van der Waals surface area contributed by atoms with Gasteiger partial charge in [-0.3, -0.25) is 19.4 Å². The van der Waals surface area contributed by atoms with Gasteiger partial charge < -0.3 is 16.0 Å². The van der Waals surface area contributed by atoms with Crippen molar-refractivity contribution >= 4 is 23.4 Å². The van der Waals surface area contributed by atoms with Crippen LogP contribution in [0.2, 0.25) is 0 Å². The third kappa shape index (κ3) is 4.33. The highest BCUT2D eigenvalue weighted by Gasteiger charge is 2.41. The second-order valence-corrected chi connectivity index (χ2v) is 7.09. The van der Waals surface area contributed by atoms with Crippen LogP contribution in [-0.2, 0) is 9.59 Å². The zero-order valence-corrected chi connectivity index (χ0v) is 15.4. The van der Waals surface area contributed by atoms with Gasteiger partial charge in [0.15, 0.2) is 0 Å². The molecule has 1 fully saturated rings. The molecule has 2 atom stereocenters. The number of carbonyl (C=O) groups excluding carboxylic acids is 3. The lowest BCUT2D eigenvalue weighted by Gasteiger charge is -2.41. The maximum Gasteiger partial charge on any atom is 0.313 e. The summed E-state index contributed by atoms with van der Waals surface area (Å²) in [5, 5.41) is 2.41. The van der Waals surface area contributed by atoms with E-state index >= 15 is 0 Å². The molecule has 0 saturated carbocycles. The lowest BCUT2D eigenvalue weighted by molar-refractivity contribution is -0.148. The minimum Gasteiger partial charge on any atom is -0.366 e. The number of piperidine rings is 1. The van der Waals surface area contributed by atoms with Crippen LogP contribution in [0.15, 0.2) is 48.8 Å². The molecule has 0 bridgehead atoms. The number of halogens is 1. The number of primary amides is 1. The summed E-state index contributed by atoms with van der Waals surface area (Å²) in [6.07, 6.45) is 3.25. The molecule has 0 spiro atoms. The van der Waals surface area contributed by atoms with Crippen molar-refractivity contribution in [3.63, 3.8) is 0 Å². The van der Waals surface area contributed by atoms with Gasteiger partial charge >= 0.3 is 11.8 Å². The van der Waals surface area contributed by atoms with E-state index in [4.69, 9.17) is 5.73 Å². The fraction of sp³-hybridized carbons (Fsp3) is 0.300. The van der Waals surface area contributed by atoms with Crippen molar-refractivity contribution < 1.29 is 18.8 Å². The van der Waals surface area contributed by atoms with Gasteiger partial charge in [0.05, 0.1) is 30.0 Å². The van der Waals surface area contributed by atoms with Crippen LogP contribution >= 0.6 is 0 Å². The molecular formula is C20H21FN4O3. The number of nitrogens with zero attached hydrogens (tertiary/aromatic N) is 2. The first-order valence-corrected chi connectivity index (χ1v) is 8.87. The number of aromatic nitrogens is 1. The summed E-state index contributed by atoms with van der Waals surface area (Å²) in [6, 6.07) is 10.2. The third-order valence-corrected chi connectivity index (χ3v) is 4.74. The van der Waals surface area contributed by atoms with E-state index < -0.39 is 29.4 Å². The number of nitrogens with one attached hydrogen (secondary N) is 1. The molecule has 1 aliphatic rings. The summed E-state index contributed by atoms with van der Waals surface area (Å²) in [6.45, 7) is 1.24. The zero-order chi connectivity index (χ0) is 20.3. The molecule has 0 aliphatic carbocycles. The van der Waals surface area contributed by atoms with E-state index in [2.05, 4.69) is 10.3 Å². The number of hydrogen-bond acceptors (Lipinski definition) is 4. The van der Waals surface area contributed by atoms with E-state index in [1.807, 2.05) is 30.3 Å². The van der Waals surface area contributed by atoms with Gasteiger partial charge in [0.1, 0.15) is 5.67 Å². The van der Waals surface area contributed by atoms with Crippen LogP contribution in [0.4, 0.5) is 10.1 Å². The smallest absolute Gasteiger partial charge is 0.313 e. The lowest BCUT2D eigenvalue weighted by Crippen LogP contribution is -2.51. The number of carbonyl (C=O) groups is 3. The molecule has 146 valence electrons. The molecule has 0 radical (unpaired) electrons. The molecule has 1 aliphatic heterocycles. The number of alkyl halides is 1. The predicted octanol–water partition coefficient (Wildman–Crippen LogP) is 2.21. The highest BCUT2D eigenvalue weighted by molar-refractivity contribution is 6.39. The predicted molar refractivity (Wildman–Crippen MR) is 101 cm³/mol. The third-order valence-electron chi connectivity index (χ3n) is 4.74. The van der Waals surface area contributed by atoms with Crippen LogP contribution in [0, 0.1) is 0 Å². The van der Waals surface area contributed by atoms with Crippen LogP contribution in [0.5, 0.6) is 0 Å². The van der Waals surface area contributed by atoms with Crippen molar-refractivity contribution in [2.75, 3.05) is 11.9 Å². The van der Waals surface area contributed by atoms with Crippen molar-refractivity contribution in [2.45, 2.75) is 31.5 Å². The van der Waals surface area contributed by atoms with Crippen LogP contribution < -0.4 is 11.1 Å². The SMILES string of the molecule is C[C@]1(F)CC[C@@H](c2ccccc2)N(C(=O)C(=O)Nc2cncc(C(N)=O)c2)C1. The van der Waals surface area contributed by atoms with Crippen molar-refractivity contribution in [1.82, 2.24) is 9.88 Å². The number of rotatable bonds is 3. The molecule has 28 heavy (non-hydrogen) atoms. The quantitative estimate of drug-likeness (QED) is 0.792. The highest BCUT2D eigenvalue weighted by Crippen LogP contribution is 2.37. The fourth-order valence-electron chi connectivity index (χ4n) is 3.33. The largest absolute Gasteiger partial charge is 0.366 e. The maximum absolute atomic E-state index is 14.6. The Balaban J connectivity index is 1.81. The van der Waals surface area contributed by atoms with Crippen molar-refractivity contribution in [1.29, 1.82) is 0 Å². The first-order valence-electron chi connectivity index (χ1n) is 8.87. The Hall–Kier alpha value is -3.29. The second-order valence-electron chi connectivity index (χ2n) is 7.09. The minimum absolute atomic E-state index is 0.0988. The van der Waals surface area contributed by atoms with Gasteiger partial charge in [0, 0.05) is 6.20 Å². The van der Waals surface area contributed by atoms with E-state index in [0.29, 0.717) is 12.8 Å². The van der Waals surface area contributed by atoms with Gasteiger partial charge in [0.2, 0.25) is 5.91 Å². The molecule has 1 saturated heterocycles. The molecular weight excluding hydrogens is 363 g/mol. The Bertz CT molecular complexity index is 901. The standard InChI is InChI=1S/C20H21FN4O3/c1-20(21)8-7-16(13-5-3-2-4-6-13)25(12-20)19(28)18(27)24-15-9-14(17(22)26)10-23-11-15/h2-6,9-11,16H,7-8,12H2,1H3,(H2,22,26)(H,24,27)/t16-,20-/m0/s1. The van der Waals surface area contributed by atoms with Gasteiger partial charge in [-0.2, -0.15) is 0 Å². The Labute approximate surface area is 161 Å². The Kier molecular flexibility index (Phi) is 5.39. The van der Waals surface area contributed by atoms with Gasteiger partial charge in [0.25, 0.3) is 0 Å². The monoisotopic (exact) mass is 384 g/mol. The number of likely N-dealkylation sites (tertiary alicyclic amines) is 1. The normalized spacial score (nSPS) is 21.8. The maximum atomic E-state index is 14.6. The van der Waals surface area contributed by atoms with Gasteiger partial charge in [-0.15, -0.1) is 0 Å². The van der Waals surface area contributed by atoms with E-state index in [1.165, 1.54) is 30.3 Å². The van der Waals surface area contributed by atoms with Crippen molar-refractivity contribution in [3.8, 4) is 0 Å². The number of hydrogen-bond donors (Lipinski definition) is 2. The number of nitrogens with two attached hydrogens (primary N) is 1. The average Bonchev–Trinajstić information content (AvgIpc) is 2.67. The van der Waals surface area contributed by atoms with E-state index in [1.54, 1.807) is 0 Å². The molecule has 3 amide bonds. The number of anilines is 1. The number of pyridine rings is 1. The molecule has 3 N–H and O–H groups in total. The Morgan fingerprint density at radius 2 is 1.96 bits per heavy atom. The molecule has 1 aromatic carbocycles. The molecule has 1 aromatic heterocycles. The van der Waals surface area contributed by atoms with Crippen LogP contribution in [0.25, 0.3) is 0 Å². The molecule has 8 heteroatoms. The highest BCUT2D eigenvalue weighted by atomic mass is 19.1. The summed E-state index contributed by atoms with van der Waals surface area (Å²) < 4.78 is 14.6. The van der Waals surface area contributed by atoms with Crippen LogP contribution in [0.1, 0.15) is 41.7 Å². The molecule has 2 aromatic rings. The minimum atomic E-state index is -1.57. The lowest BCUT2D eigenvalue weighted by atomic mass is 9.88. The van der Waals surface area contributed by atoms with E-state index in [-0.39, 0.29) is 17.8 Å². The second kappa shape index (κ2) is 7.75. The molecule has 2 heterocycles. The Morgan fingerprint density at radius 1 is 1.25 bits per heavy atom. The van der Waals surface area contributed by atoms with E-state index in [9.17, 15) is 18.8 Å². The topological polar surface area (TPSA) is 105 Å². The van der Waals surface area contributed by atoms with Crippen molar-refractivity contribution in [3.05, 3.63) is 59.9 Å². The van der Waals surface area contributed by atoms with Gasteiger partial charge in [-0.05, 0) is 31.4 Å². The molecule has 7 nitrogen and oxygen atoms in total. The number of benzene rings is 1. The first kappa shape index (κ1) is 19.5. The van der Waals surface area contributed by atoms with Crippen molar-refractivity contribution in [2.24, 2.45) is 5.73 Å². The summed E-state index contributed by atoms with van der Waals surface area (Å²) in [5.41, 5.74) is 4.72. The van der Waals surface area contributed by atoms with Gasteiger partial charge in [-0.1, -0.05) is 30.3 Å². The molecule has 3 rings (SSSR count).